The molecule has 3 aromatic carbocycles. The van der Waals surface area contributed by atoms with E-state index in [1.54, 1.807) is 6.07 Å². The van der Waals surface area contributed by atoms with Gasteiger partial charge in [0.05, 0.1) is 11.0 Å². The fraction of sp³-hybridized carbons (Fsp3) is 0.419. The highest BCUT2D eigenvalue weighted by molar-refractivity contribution is 5.70. The monoisotopic (exact) mass is 500 g/mol. The van der Waals surface area contributed by atoms with Gasteiger partial charge < -0.3 is 10.2 Å². The number of nitrogens with one attached hydrogen (secondary N) is 1. The third-order valence-electron chi connectivity index (χ3n) is 7.31. The van der Waals surface area contributed by atoms with E-state index in [9.17, 15) is 10.1 Å². The summed E-state index contributed by atoms with van der Waals surface area (Å²) in [5, 5.41) is 15.5. The maximum Gasteiger partial charge on any atom is 0.292 e. The molecule has 196 valence electrons. The van der Waals surface area contributed by atoms with Crippen LogP contribution in [0.3, 0.4) is 0 Å². The molecule has 3 aromatic rings. The van der Waals surface area contributed by atoms with Gasteiger partial charge >= 0.3 is 0 Å². The van der Waals surface area contributed by atoms with Crippen molar-refractivity contribution in [1.29, 1.82) is 0 Å². The zero-order valence-corrected chi connectivity index (χ0v) is 22.0. The average Bonchev–Trinajstić information content (AvgIpc) is 2.94. The van der Waals surface area contributed by atoms with Crippen LogP contribution in [0, 0.1) is 10.1 Å². The maximum absolute atomic E-state index is 11.9. The lowest BCUT2D eigenvalue weighted by atomic mass is 9.98. The molecule has 0 bridgehead atoms. The Balaban J connectivity index is 1.45. The van der Waals surface area contributed by atoms with Crippen LogP contribution >= 0.6 is 0 Å². The smallest absolute Gasteiger partial charge is 0.292 e. The summed E-state index contributed by atoms with van der Waals surface area (Å²) in [5.41, 5.74) is 3.82. The summed E-state index contributed by atoms with van der Waals surface area (Å²) in [6, 6.07) is 25.5. The van der Waals surface area contributed by atoms with Gasteiger partial charge in [-0.3, -0.25) is 15.0 Å². The van der Waals surface area contributed by atoms with Crippen molar-refractivity contribution in [1.82, 2.24) is 4.90 Å². The van der Waals surface area contributed by atoms with E-state index in [1.165, 1.54) is 45.1 Å². The van der Waals surface area contributed by atoms with E-state index in [1.807, 2.05) is 48.5 Å². The normalized spacial score (nSPS) is 14.2. The van der Waals surface area contributed by atoms with E-state index in [4.69, 9.17) is 0 Å². The number of piperazine rings is 1. The Bertz CT molecular complexity index is 1060. The fourth-order valence-electron chi connectivity index (χ4n) is 5.15. The van der Waals surface area contributed by atoms with Crippen molar-refractivity contribution in [3.63, 3.8) is 0 Å². The molecule has 6 nitrogen and oxygen atoms in total. The molecule has 4 rings (SSSR count). The molecule has 0 unspecified atom stereocenters. The third-order valence-corrected chi connectivity index (χ3v) is 7.31. The Hall–Kier alpha value is -3.38. The number of benzene rings is 3. The predicted molar refractivity (Wildman–Crippen MR) is 153 cm³/mol. The molecule has 0 spiro atoms. The lowest BCUT2D eigenvalue weighted by molar-refractivity contribution is -0.384. The predicted octanol–water partition coefficient (Wildman–Crippen LogP) is 7.28. The lowest BCUT2D eigenvalue weighted by Crippen LogP contribution is -2.46. The number of nitro benzene ring substituents is 1. The molecule has 6 heteroatoms. The molecule has 1 heterocycles. The highest BCUT2D eigenvalue weighted by atomic mass is 16.6. The minimum absolute atomic E-state index is 0.0994. The first kappa shape index (κ1) is 26.7. The van der Waals surface area contributed by atoms with Gasteiger partial charge in [0, 0.05) is 37.9 Å². The second kappa shape index (κ2) is 13.8. The number of hydrogen-bond acceptors (Lipinski definition) is 5. The Morgan fingerprint density at radius 1 is 0.811 bits per heavy atom. The van der Waals surface area contributed by atoms with Crippen molar-refractivity contribution >= 4 is 17.1 Å². The summed E-state index contributed by atoms with van der Waals surface area (Å²) in [6.45, 7) is 7.37. The Kier molecular flexibility index (Phi) is 9.95. The van der Waals surface area contributed by atoms with E-state index >= 15 is 0 Å². The Labute approximate surface area is 221 Å². The Morgan fingerprint density at radius 2 is 1.41 bits per heavy atom. The molecule has 0 aromatic heterocycles. The summed E-state index contributed by atoms with van der Waals surface area (Å²) in [4.78, 5) is 16.6. The van der Waals surface area contributed by atoms with Gasteiger partial charge in [0.2, 0.25) is 0 Å². The molecule has 0 atom stereocenters. The molecule has 1 N–H and O–H groups in total. The van der Waals surface area contributed by atoms with Gasteiger partial charge in [-0.25, -0.2) is 0 Å². The minimum atomic E-state index is -0.294. The highest BCUT2D eigenvalue weighted by Gasteiger charge is 2.23. The number of hydrogen-bond donors (Lipinski definition) is 1. The van der Waals surface area contributed by atoms with Crippen molar-refractivity contribution in [2.24, 2.45) is 0 Å². The third kappa shape index (κ3) is 7.56. The number of rotatable bonds is 13. The minimum Gasteiger partial charge on any atom is -0.369 e. The second-order valence-corrected chi connectivity index (χ2v) is 9.95. The van der Waals surface area contributed by atoms with E-state index in [2.05, 4.69) is 46.3 Å². The molecule has 1 aliphatic heterocycles. The zero-order valence-electron chi connectivity index (χ0n) is 22.0. The molecular formula is C31H40N4O2. The van der Waals surface area contributed by atoms with Crippen LogP contribution in [0.25, 0.3) is 0 Å². The maximum atomic E-state index is 11.9. The first-order chi connectivity index (χ1) is 18.2. The van der Waals surface area contributed by atoms with Crippen LogP contribution in [0.4, 0.5) is 17.1 Å². The van der Waals surface area contributed by atoms with Crippen molar-refractivity contribution < 1.29 is 4.92 Å². The van der Waals surface area contributed by atoms with Gasteiger partial charge in [0.25, 0.3) is 5.69 Å². The van der Waals surface area contributed by atoms with Gasteiger partial charge in [0.1, 0.15) is 5.69 Å². The zero-order chi connectivity index (χ0) is 25.9. The van der Waals surface area contributed by atoms with E-state index in [-0.39, 0.29) is 16.7 Å². The first-order valence-electron chi connectivity index (χ1n) is 13.8. The number of anilines is 2. The molecule has 0 aliphatic carbocycles. The first-order valence-corrected chi connectivity index (χ1v) is 13.8. The largest absolute Gasteiger partial charge is 0.369 e. The van der Waals surface area contributed by atoms with Crippen LogP contribution in [0.2, 0.25) is 0 Å². The van der Waals surface area contributed by atoms with Crippen molar-refractivity contribution in [2.45, 2.75) is 51.5 Å². The molecule has 1 saturated heterocycles. The van der Waals surface area contributed by atoms with E-state index in [0.29, 0.717) is 5.69 Å². The van der Waals surface area contributed by atoms with E-state index < -0.39 is 0 Å². The van der Waals surface area contributed by atoms with Gasteiger partial charge in [0.15, 0.2) is 0 Å². The van der Waals surface area contributed by atoms with Crippen molar-refractivity contribution in [3.8, 4) is 0 Å². The van der Waals surface area contributed by atoms with Crippen LogP contribution in [0.5, 0.6) is 0 Å². The molecule has 1 fully saturated rings. The molecule has 0 radical (unpaired) electrons. The average molecular weight is 501 g/mol. The molecule has 1 aliphatic rings. The Morgan fingerprint density at radius 3 is 2.00 bits per heavy atom. The van der Waals surface area contributed by atoms with Crippen LogP contribution in [-0.2, 0) is 0 Å². The van der Waals surface area contributed by atoms with Gasteiger partial charge in [-0.2, -0.15) is 0 Å². The standard InChI is InChI=1S/C31H40N4O2/c1-2-3-4-5-6-13-20-33-21-23-34(24-22-33)28-18-19-30(35(36)37)29(25-28)32-31(26-14-9-7-10-15-26)27-16-11-8-12-17-27/h7-12,14-19,25,31-32H,2-6,13,20-24H2,1H3. The summed E-state index contributed by atoms with van der Waals surface area (Å²) < 4.78 is 0. The second-order valence-electron chi connectivity index (χ2n) is 9.95. The lowest BCUT2D eigenvalue weighted by Gasteiger charge is -2.36. The van der Waals surface area contributed by atoms with Crippen molar-refractivity contribution in [2.75, 3.05) is 42.9 Å². The van der Waals surface area contributed by atoms with Crippen molar-refractivity contribution in [3.05, 3.63) is 100 Å². The summed E-state index contributed by atoms with van der Waals surface area (Å²) in [5.74, 6) is 0. The fourth-order valence-corrected chi connectivity index (χ4v) is 5.15. The van der Waals surface area contributed by atoms with E-state index in [0.717, 1.165) is 43.0 Å². The van der Waals surface area contributed by atoms with Gasteiger partial charge in [-0.15, -0.1) is 0 Å². The number of nitro groups is 1. The number of nitrogens with zero attached hydrogens (tertiary/aromatic N) is 3. The molecular weight excluding hydrogens is 460 g/mol. The van der Waals surface area contributed by atoms with Gasteiger partial charge in [-0.1, -0.05) is 99.7 Å². The summed E-state index contributed by atoms with van der Waals surface area (Å²) in [7, 11) is 0. The topological polar surface area (TPSA) is 61.7 Å². The SMILES string of the molecule is CCCCCCCCN1CCN(c2ccc([N+](=O)[O-])c(NC(c3ccccc3)c3ccccc3)c2)CC1. The van der Waals surface area contributed by atoms with Crippen LogP contribution in [-0.4, -0.2) is 42.5 Å². The molecule has 0 amide bonds. The van der Waals surface area contributed by atoms with Crippen LogP contribution in [0.15, 0.2) is 78.9 Å². The van der Waals surface area contributed by atoms with Crippen LogP contribution in [0.1, 0.15) is 62.6 Å². The molecule has 37 heavy (non-hydrogen) atoms. The quantitative estimate of drug-likeness (QED) is 0.152. The summed E-state index contributed by atoms with van der Waals surface area (Å²) >= 11 is 0. The summed E-state index contributed by atoms with van der Waals surface area (Å²) in [6.07, 6.45) is 7.94. The van der Waals surface area contributed by atoms with Crippen LogP contribution < -0.4 is 10.2 Å². The highest BCUT2D eigenvalue weighted by Crippen LogP contribution is 2.35. The molecule has 0 saturated carbocycles. The van der Waals surface area contributed by atoms with Gasteiger partial charge in [-0.05, 0) is 36.2 Å². The number of unbranched alkanes of at least 4 members (excludes halogenated alkanes) is 5.